The van der Waals surface area contributed by atoms with Crippen LogP contribution in [0.25, 0.3) is 0 Å². The fraction of sp³-hybridized carbons (Fsp3) is 0.250. The summed E-state index contributed by atoms with van der Waals surface area (Å²) in [4.78, 5) is 14.3. The molecule has 0 bridgehead atoms. The van der Waals surface area contributed by atoms with Crippen molar-refractivity contribution in [1.29, 1.82) is 0 Å². The average molecular weight is 581 g/mol. The van der Waals surface area contributed by atoms with Crippen LogP contribution in [0.1, 0.15) is 40.9 Å². The summed E-state index contributed by atoms with van der Waals surface area (Å²) in [7, 11) is -4.60. The number of carbonyl (C=O) groups is 1. The number of alkyl halides is 6. The number of carboxylic acid groups (broad SMARTS) is 1. The summed E-state index contributed by atoms with van der Waals surface area (Å²) in [5, 5.41) is 8.42. The van der Waals surface area contributed by atoms with E-state index in [-0.39, 0.29) is 16.7 Å². The Bertz CT molecular complexity index is 1440. The Morgan fingerprint density at radius 1 is 0.947 bits per heavy atom. The molecule has 0 saturated carbocycles. The van der Waals surface area contributed by atoms with Crippen LogP contribution in [0.3, 0.4) is 0 Å². The van der Waals surface area contributed by atoms with Crippen molar-refractivity contribution in [3.05, 3.63) is 88.1 Å². The molecular weight excluding hydrogens is 562 g/mol. The van der Waals surface area contributed by atoms with E-state index < -0.39 is 61.6 Å². The lowest BCUT2D eigenvalue weighted by Crippen LogP contribution is -2.36. The van der Waals surface area contributed by atoms with Crippen LogP contribution in [0.4, 0.5) is 32.2 Å². The second-order valence-electron chi connectivity index (χ2n) is 8.69. The maximum Gasteiger partial charge on any atom is 0.417 e. The number of rotatable bonds is 7. The number of hydrogen-bond acceptors (Lipinski definition) is 4. The lowest BCUT2D eigenvalue weighted by Gasteiger charge is -2.29. The van der Waals surface area contributed by atoms with Gasteiger partial charge in [0.1, 0.15) is 0 Å². The number of sulfonamides is 1. The van der Waals surface area contributed by atoms with Crippen LogP contribution in [-0.4, -0.2) is 30.7 Å². The summed E-state index contributed by atoms with van der Waals surface area (Å²) in [5.41, 5.74) is -3.58. The Balaban J connectivity index is 2.10. The molecule has 0 amide bonds. The number of halogens is 7. The van der Waals surface area contributed by atoms with Gasteiger partial charge in [-0.15, -0.1) is 0 Å². The Morgan fingerprint density at radius 2 is 1.50 bits per heavy atom. The number of aromatic carboxylic acids is 1. The van der Waals surface area contributed by atoms with E-state index in [2.05, 4.69) is 4.98 Å². The molecule has 0 saturated heterocycles. The first-order valence-electron chi connectivity index (χ1n) is 10.6. The summed E-state index contributed by atoms with van der Waals surface area (Å²) in [6.07, 6.45) is -8.98. The Labute approximate surface area is 218 Å². The van der Waals surface area contributed by atoms with Crippen molar-refractivity contribution in [1.82, 2.24) is 4.98 Å². The first-order chi connectivity index (χ1) is 17.4. The van der Waals surface area contributed by atoms with E-state index in [1.165, 1.54) is 12.1 Å². The molecule has 1 N–H and O–H groups in total. The van der Waals surface area contributed by atoms with Gasteiger partial charge in [-0.1, -0.05) is 35.9 Å². The molecule has 0 aliphatic carbocycles. The molecule has 38 heavy (non-hydrogen) atoms. The summed E-state index contributed by atoms with van der Waals surface area (Å²) >= 11 is 6.02. The van der Waals surface area contributed by atoms with Gasteiger partial charge in [0.2, 0.25) is 0 Å². The summed E-state index contributed by atoms with van der Waals surface area (Å²) in [6.45, 7) is 1.39. The zero-order valence-corrected chi connectivity index (χ0v) is 21.2. The molecule has 1 aromatic heterocycles. The number of anilines is 1. The first kappa shape index (κ1) is 29.2. The van der Waals surface area contributed by atoms with Crippen molar-refractivity contribution in [2.45, 2.75) is 43.1 Å². The van der Waals surface area contributed by atoms with Crippen molar-refractivity contribution in [3.8, 4) is 0 Å². The van der Waals surface area contributed by atoms with Gasteiger partial charge in [-0.2, -0.15) is 26.3 Å². The van der Waals surface area contributed by atoms with Gasteiger partial charge in [-0.25, -0.2) is 22.5 Å². The fourth-order valence-electron chi connectivity index (χ4n) is 3.30. The summed E-state index contributed by atoms with van der Waals surface area (Å²) < 4.78 is 107. The second kappa shape index (κ2) is 10.1. The molecular formula is C24H19ClF6N2O4S. The maximum absolute atomic E-state index is 13.5. The van der Waals surface area contributed by atoms with Crippen molar-refractivity contribution in [2.75, 3.05) is 4.31 Å². The monoisotopic (exact) mass is 580 g/mol. The van der Waals surface area contributed by atoms with Crippen molar-refractivity contribution in [2.24, 2.45) is 0 Å². The minimum absolute atomic E-state index is 0.0990. The molecule has 0 spiro atoms. The molecule has 0 aliphatic rings. The molecule has 2 aromatic carbocycles. The van der Waals surface area contributed by atoms with E-state index in [9.17, 15) is 39.6 Å². The smallest absolute Gasteiger partial charge is 0.417 e. The van der Waals surface area contributed by atoms with Gasteiger partial charge < -0.3 is 5.11 Å². The highest BCUT2D eigenvalue weighted by Gasteiger charge is 2.48. The van der Waals surface area contributed by atoms with Crippen molar-refractivity contribution >= 4 is 33.4 Å². The zero-order chi connectivity index (χ0) is 28.7. The van der Waals surface area contributed by atoms with E-state index in [4.69, 9.17) is 16.7 Å². The molecule has 0 aliphatic heterocycles. The Hall–Kier alpha value is -3.32. The summed E-state index contributed by atoms with van der Waals surface area (Å²) in [6, 6.07) is 9.32. The van der Waals surface area contributed by atoms with Crippen LogP contribution >= 0.6 is 11.6 Å². The number of hydrogen-bond donors (Lipinski definition) is 1. The molecule has 0 atom stereocenters. The highest BCUT2D eigenvalue weighted by atomic mass is 35.5. The zero-order valence-electron chi connectivity index (χ0n) is 19.6. The average Bonchev–Trinajstić information content (AvgIpc) is 2.81. The highest BCUT2D eigenvalue weighted by molar-refractivity contribution is 7.92. The quantitative estimate of drug-likeness (QED) is 0.315. The normalized spacial score (nSPS) is 12.9. The van der Waals surface area contributed by atoms with Crippen LogP contribution in [0, 0.1) is 0 Å². The second-order valence-corrected chi connectivity index (χ2v) is 11.0. The van der Waals surface area contributed by atoms with Crippen molar-refractivity contribution < 1.29 is 44.7 Å². The molecule has 6 nitrogen and oxygen atoms in total. The van der Waals surface area contributed by atoms with Gasteiger partial charge in [0, 0.05) is 6.20 Å². The lowest BCUT2D eigenvalue weighted by atomic mass is 9.83. The van der Waals surface area contributed by atoms with E-state index in [1.54, 1.807) is 0 Å². The van der Waals surface area contributed by atoms with E-state index in [1.807, 2.05) is 0 Å². The third-order valence-corrected chi connectivity index (χ3v) is 7.81. The van der Waals surface area contributed by atoms with Crippen LogP contribution < -0.4 is 4.31 Å². The molecule has 0 unspecified atom stereocenters. The highest BCUT2D eigenvalue weighted by Crippen LogP contribution is 2.41. The molecule has 14 heteroatoms. The number of nitrogens with zero attached hydrogens (tertiary/aromatic N) is 2. The van der Waals surface area contributed by atoms with Gasteiger partial charge in [0.15, 0.2) is 5.82 Å². The van der Waals surface area contributed by atoms with Gasteiger partial charge in [0.05, 0.1) is 33.0 Å². The largest absolute Gasteiger partial charge is 0.478 e. The predicted molar refractivity (Wildman–Crippen MR) is 127 cm³/mol. The Kier molecular flexibility index (Phi) is 7.77. The van der Waals surface area contributed by atoms with Crippen LogP contribution in [0.5, 0.6) is 0 Å². The minimum Gasteiger partial charge on any atom is -0.478 e. The Morgan fingerprint density at radius 3 is 1.95 bits per heavy atom. The topological polar surface area (TPSA) is 87.6 Å². The predicted octanol–water partition coefficient (Wildman–Crippen LogP) is 6.69. The number of benzene rings is 2. The maximum atomic E-state index is 13.5. The number of aromatic nitrogens is 1. The van der Waals surface area contributed by atoms with Gasteiger partial charge in [-0.3, -0.25) is 0 Å². The minimum atomic E-state index is -4.81. The molecule has 1 heterocycles. The lowest BCUT2D eigenvalue weighted by molar-refractivity contribution is -0.180. The standard InChI is InChI=1S/C24H19ClF6N2O4S/c1-22(2,24(29,30)31)16-7-3-14(4-8-16)13-33(20-19(25)11-17(12-32-20)23(26,27)28)38(36,37)18-9-5-15(6-10-18)21(34)35/h3-12H,13H2,1-2H3,(H,34,35). The number of pyridine rings is 1. The molecule has 204 valence electrons. The molecule has 0 fully saturated rings. The molecule has 3 rings (SSSR count). The third-order valence-electron chi connectivity index (χ3n) is 5.79. The van der Waals surface area contributed by atoms with E-state index in [0.717, 1.165) is 50.2 Å². The van der Waals surface area contributed by atoms with Crippen LogP contribution in [0.2, 0.25) is 5.02 Å². The van der Waals surface area contributed by atoms with Crippen molar-refractivity contribution in [3.63, 3.8) is 0 Å². The molecule has 3 aromatic rings. The summed E-state index contributed by atoms with van der Waals surface area (Å²) in [5.74, 6) is -1.89. The fourth-order valence-corrected chi connectivity index (χ4v) is 5.04. The molecule has 0 radical (unpaired) electrons. The van der Waals surface area contributed by atoms with Gasteiger partial charge in [-0.05, 0) is 55.3 Å². The van der Waals surface area contributed by atoms with Crippen LogP contribution in [0.15, 0.2) is 65.7 Å². The number of carboxylic acids is 1. The first-order valence-corrected chi connectivity index (χ1v) is 12.4. The SMILES string of the molecule is CC(C)(c1ccc(CN(c2ncc(C(F)(F)F)cc2Cl)S(=O)(=O)c2ccc(C(=O)O)cc2)cc1)C(F)(F)F. The van der Waals surface area contributed by atoms with Crippen LogP contribution in [-0.2, 0) is 28.2 Å². The van der Waals surface area contributed by atoms with E-state index in [0.29, 0.717) is 16.6 Å². The van der Waals surface area contributed by atoms with Gasteiger partial charge >= 0.3 is 18.3 Å². The van der Waals surface area contributed by atoms with Gasteiger partial charge in [0.25, 0.3) is 10.0 Å². The van der Waals surface area contributed by atoms with E-state index >= 15 is 0 Å². The third kappa shape index (κ3) is 5.88.